The van der Waals surface area contributed by atoms with Crippen molar-refractivity contribution in [2.45, 2.75) is 28.8 Å². The van der Waals surface area contributed by atoms with E-state index in [0.29, 0.717) is 29.8 Å². The summed E-state index contributed by atoms with van der Waals surface area (Å²) in [5.74, 6) is -0.519. The molecule has 0 bridgehead atoms. The number of rotatable bonds is 7. The number of ether oxygens (including phenoxy) is 1. The predicted octanol–water partition coefficient (Wildman–Crippen LogP) is 4.63. The van der Waals surface area contributed by atoms with Gasteiger partial charge >= 0.3 is 6.18 Å². The first-order valence-corrected chi connectivity index (χ1v) is 11.5. The second-order valence-electron chi connectivity index (χ2n) is 7.47. The summed E-state index contributed by atoms with van der Waals surface area (Å²) in [6.45, 7) is 0. The standard InChI is InChI=1S/C23H18F3N3O4S/c1-33-20-11-17(23(24,25)26)5-9-21(20)34(31,32)18-6-2-14(3-7-18)4-8-19(30)15-10-16-13-28-29-22(16)27-12-15/h2-3,5-7,9-13H,4,8H2,1H3,(H,27,28,29). The highest BCUT2D eigenvalue weighted by Crippen LogP contribution is 2.36. The summed E-state index contributed by atoms with van der Waals surface area (Å²) >= 11 is 0. The molecular weight excluding hydrogens is 471 g/mol. The van der Waals surface area contributed by atoms with Crippen molar-refractivity contribution < 1.29 is 31.1 Å². The van der Waals surface area contributed by atoms with Crippen LogP contribution < -0.4 is 4.74 Å². The number of carbonyl (C=O) groups excluding carboxylic acids is 1. The van der Waals surface area contributed by atoms with E-state index in [1.54, 1.807) is 24.4 Å². The second-order valence-corrected chi connectivity index (χ2v) is 9.38. The number of hydrogen-bond donors (Lipinski definition) is 1. The van der Waals surface area contributed by atoms with Gasteiger partial charge in [0.25, 0.3) is 0 Å². The molecule has 0 saturated heterocycles. The van der Waals surface area contributed by atoms with Crippen LogP contribution >= 0.6 is 0 Å². The Hall–Kier alpha value is -3.73. The van der Waals surface area contributed by atoms with Crippen LogP contribution in [-0.2, 0) is 22.4 Å². The molecule has 2 heterocycles. The molecule has 4 aromatic rings. The van der Waals surface area contributed by atoms with E-state index in [9.17, 15) is 26.4 Å². The number of pyridine rings is 1. The van der Waals surface area contributed by atoms with Gasteiger partial charge in [0.1, 0.15) is 10.6 Å². The number of aromatic nitrogens is 3. The Labute approximate surface area is 192 Å². The summed E-state index contributed by atoms with van der Waals surface area (Å²) in [6.07, 6.45) is -1.04. The number of aryl methyl sites for hydroxylation is 1. The van der Waals surface area contributed by atoms with Crippen molar-refractivity contribution in [1.29, 1.82) is 0 Å². The molecule has 0 unspecified atom stereocenters. The van der Waals surface area contributed by atoms with Crippen LogP contribution in [0.3, 0.4) is 0 Å². The first-order chi connectivity index (χ1) is 16.1. The normalized spacial score (nSPS) is 12.1. The van der Waals surface area contributed by atoms with Gasteiger partial charge in [0.15, 0.2) is 11.4 Å². The summed E-state index contributed by atoms with van der Waals surface area (Å²) in [5, 5.41) is 7.30. The van der Waals surface area contributed by atoms with Crippen molar-refractivity contribution >= 4 is 26.7 Å². The van der Waals surface area contributed by atoms with Crippen LogP contribution in [0.1, 0.15) is 27.9 Å². The summed E-state index contributed by atoms with van der Waals surface area (Å²) in [4.78, 5) is 16.2. The number of sulfone groups is 1. The van der Waals surface area contributed by atoms with E-state index in [2.05, 4.69) is 15.2 Å². The maximum absolute atomic E-state index is 13.0. The monoisotopic (exact) mass is 489 g/mol. The molecule has 0 amide bonds. The third-order valence-electron chi connectivity index (χ3n) is 5.27. The smallest absolute Gasteiger partial charge is 0.416 e. The first-order valence-electron chi connectivity index (χ1n) is 10.0. The largest absolute Gasteiger partial charge is 0.495 e. The topological polar surface area (TPSA) is 102 Å². The summed E-state index contributed by atoms with van der Waals surface area (Å²) in [5.41, 5.74) is 0.745. The molecule has 0 radical (unpaired) electrons. The molecule has 0 fully saturated rings. The lowest BCUT2D eigenvalue weighted by Crippen LogP contribution is -2.09. The zero-order valence-electron chi connectivity index (χ0n) is 17.8. The van der Waals surface area contributed by atoms with Gasteiger partial charge in [0.05, 0.1) is 23.8 Å². The molecule has 11 heteroatoms. The number of benzene rings is 2. The number of nitrogens with zero attached hydrogens (tertiary/aromatic N) is 2. The van der Waals surface area contributed by atoms with Crippen LogP contribution in [0.15, 0.2) is 70.7 Å². The van der Waals surface area contributed by atoms with Crippen molar-refractivity contribution in [2.75, 3.05) is 7.11 Å². The van der Waals surface area contributed by atoms with Crippen molar-refractivity contribution in [3.05, 3.63) is 77.6 Å². The van der Waals surface area contributed by atoms with Crippen molar-refractivity contribution in [1.82, 2.24) is 15.2 Å². The fourth-order valence-electron chi connectivity index (χ4n) is 3.42. The number of halogens is 3. The molecule has 0 spiro atoms. The van der Waals surface area contributed by atoms with Crippen LogP contribution in [0.2, 0.25) is 0 Å². The highest BCUT2D eigenvalue weighted by Gasteiger charge is 2.33. The van der Waals surface area contributed by atoms with Crippen molar-refractivity contribution in [3.63, 3.8) is 0 Å². The molecule has 2 aromatic heterocycles. The van der Waals surface area contributed by atoms with Gasteiger partial charge in [-0.3, -0.25) is 9.89 Å². The average molecular weight is 489 g/mol. The molecule has 34 heavy (non-hydrogen) atoms. The predicted molar refractivity (Wildman–Crippen MR) is 116 cm³/mol. The van der Waals surface area contributed by atoms with Crippen LogP contribution in [0.4, 0.5) is 13.2 Å². The minimum atomic E-state index is -4.63. The Morgan fingerprint density at radius 2 is 1.79 bits per heavy atom. The number of carbonyl (C=O) groups is 1. The highest BCUT2D eigenvalue weighted by atomic mass is 32.2. The molecule has 4 rings (SSSR count). The number of hydrogen-bond acceptors (Lipinski definition) is 6. The SMILES string of the molecule is COc1cc(C(F)(F)F)ccc1S(=O)(=O)c1ccc(CCC(=O)c2cnc3[nH]ncc3c2)cc1. The van der Waals surface area contributed by atoms with Gasteiger partial charge < -0.3 is 4.74 Å². The number of Topliss-reactive ketones (excluding diaryl/α,β-unsaturated/α-hetero) is 1. The third kappa shape index (κ3) is 4.65. The summed E-state index contributed by atoms with van der Waals surface area (Å²) < 4.78 is 69.8. The number of aromatic amines is 1. The van der Waals surface area contributed by atoms with Gasteiger partial charge in [-0.1, -0.05) is 12.1 Å². The average Bonchev–Trinajstić information content (AvgIpc) is 3.29. The molecular formula is C23H18F3N3O4S. The summed E-state index contributed by atoms with van der Waals surface area (Å²) in [6, 6.07) is 9.77. The zero-order chi connectivity index (χ0) is 24.5. The minimum Gasteiger partial charge on any atom is -0.495 e. The van der Waals surface area contributed by atoms with E-state index >= 15 is 0 Å². The fraction of sp³-hybridized carbons (Fsp3) is 0.174. The zero-order valence-corrected chi connectivity index (χ0v) is 18.6. The summed E-state index contributed by atoms with van der Waals surface area (Å²) in [7, 11) is -3.02. The lowest BCUT2D eigenvalue weighted by Gasteiger charge is -2.13. The lowest BCUT2D eigenvalue weighted by atomic mass is 10.0. The Morgan fingerprint density at radius 3 is 2.47 bits per heavy atom. The van der Waals surface area contributed by atoms with Gasteiger partial charge in [-0.15, -0.1) is 0 Å². The van der Waals surface area contributed by atoms with Crippen LogP contribution in [-0.4, -0.2) is 36.5 Å². The molecule has 0 aliphatic heterocycles. The van der Waals surface area contributed by atoms with Gasteiger partial charge in [-0.25, -0.2) is 13.4 Å². The van der Waals surface area contributed by atoms with E-state index in [4.69, 9.17) is 4.74 Å². The molecule has 0 aliphatic carbocycles. The Kier molecular flexibility index (Phi) is 6.13. The maximum atomic E-state index is 13.0. The number of alkyl halides is 3. The number of nitrogens with one attached hydrogen (secondary N) is 1. The van der Waals surface area contributed by atoms with Crippen molar-refractivity contribution in [3.8, 4) is 5.75 Å². The van der Waals surface area contributed by atoms with Gasteiger partial charge in [0.2, 0.25) is 9.84 Å². The van der Waals surface area contributed by atoms with Gasteiger partial charge in [-0.05, 0) is 48.4 Å². The number of methoxy groups -OCH3 is 1. The van der Waals surface area contributed by atoms with Crippen LogP contribution in [0.5, 0.6) is 5.75 Å². The van der Waals surface area contributed by atoms with E-state index in [-0.39, 0.29) is 22.0 Å². The number of ketones is 1. The van der Waals surface area contributed by atoms with E-state index in [1.165, 1.54) is 18.3 Å². The molecule has 1 N–H and O–H groups in total. The number of fused-ring (bicyclic) bond motifs is 1. The van der Waals surface area contributed by atoms with E-state index in [0.717, 1.165) is 24.1 Å². The Morgan fingerprint density at radius 1 is 1.06 bits per heavy atom. The quantitative estimate of drug-likeness (QED) is 0.380. The Balaban J connectivity index is 1.50. The fourth-order valence-corrected chi connectivity index (χ4v) is 4.82. The molecule has 0 atom stereocenters. The third-order valence-corrected chi connectivity index (χ3v) is 7.08. The maximum Gasteiger partial charge on any atom is 0.416 e. The second kappa shape index (κ2) is 8.90. The Bertz CT molecular complexity index is 1460. The molecule has 0 aliphatic rings. The van der Waals surface area contributed by atoms with Crippen LogP contribution in [0, 0.1) is 0 Å². The molecule has 176 valence electrons. The van der Waals surface area contributed by atoms with E-state index < -0.39 is 27.3 Å². The van der Waals surface area contributed by atoms with Gasteiger partial charge in [-0.2, -0.15) is 18.3 Å². The van der Waals surface area contributed by atoms with Gasteiger partial charge in [0, 0.05) is 23.6 Å². The molecule has 7 nitrogen and oxygen atoms in total. The molecule has 2 aromatic carbocycles. The lowest BCUT2D eigenvalue weighted by molar-refractivity contribution is -0.137. The van der Waals surface area contributed by atoms with Crippen molar-refractivity contribution in [2.24, 2.45) is 0 Å². The molecule has 0 saturated carbocycles. The van der Waals surface area contributed by atoms with Crippen LogP contribution in [0.25, 0.3) is 11.0 Å². The number of H-pyrrole nitrogens is 1. The minimum absolute atomic E-state index is 0.102. The van der Waals surface area contributed by atoms with E-state index in [1.807, 2.05) is 0 Å². The first kappa shape index (κ1) is 23.4. The highest BCUT2D eigenvalue weighted by molar-refractivity contribution is 7.91.